The number of benzene rings is 1. The third kappa shape index (κ3) is 3.26. The Kier molecular flexibility index (Phi) is 4.83. The van der Waals surface area contributed by atoms with Crippen molar-refractivity contribution in [3.05, 3.63) is 57.7 Å². The SMILES string of the molecule is CC(c1cccc(C(=O)O)c1[N+](=O)[O-])n1ccnc1C1CCCCC1. The van der Waals surface area contributed by atoms with Gasteiger partial charge in [-0.1, -0.05) is 31.4 Å². The third-order valence-corrected chi connectivity index (χ3v) is 5.02. The summed E-state index contributed by atoms with van der Waals surface area (Å²) in [5, 5.41) is 20.8. The Bertz CT molecular complexity index is 793. The number of rotatable bonds is 5. The normalized spacial score (nSPS) is 16.5. The van der Waals surface area contributed by atoms with Crippen molar-refractivity contribution in [2.24, 2.45) is 0 Å². The molecule has 1 unspecified atom stereocenters. The lowest BCUT2D eigenvalue weighted by molar-refractivity contribution is -0.386. The van der Waals surface area contributed by atoms with E-state index in [-0.39, 0.29) is 17.3 Å². The highest BCUT2D eigenvalue weighted by atomic mass is 16.6. The number of hydrogen-bond acceptors (Lipinski definition) is 4. The van der Waals surface area contributed by atoms with E-state index in [4.69, 9.17) is 0 Å². The molecule has 1 atom stereocenters. The highest BCUT2D eigenvalue weighted by Crippen LogP contribution is 2.36. The van der Waals surface area contributed by atoms with Gasteiger partial charge in [0.2, 0.25) is 0 Å². The van der Waals surface area contributed by atoms with Gasteiger partial charge in [0.1, 0.15) is 11.4 Å². The molecule has 1 aromatic heterocycles. The molecule has 0 radical (unpaired) electrons. The van der Waals surface area contributed by atoms with Crippen LogP contribution in [0, 0.1) is 10.1 Å². The lowest BCUT2D eigenvalue weighted by Gasteiger charge is -2.25. The molecule has 25 heavy (non-hydrogen) atoms. The zero-order valence-corrected chi connectivity index (χ0v) is 14.1. The van der Waals surface area contributed by atoms with E-state index in [0.29, 0.717) is 11.5 Å². The molecule has 1 heterocycles. The molecule has 3 rings (SSSR count). The number of hydrogen-bond donors (Lipinski definition) is 1. The van der Waals surface area contributed by atoms with Crippen LogP contribution < -0.4 is 0 Å². The van der Waals surface area contributed by atoms with Gasteiger partial charge in [0.15, 0.2) is 0 Å². The first-order valence-corrected chi connectivity index (χ1v) is 8.54. The molecule has 1 saturated carbocycles. The number of aromatic nitrogens is 2. The lowest BCUT2D eigenvalue weighted by atomic mass is 9.88. The van der Waals surface area contributed by atoms with Gasteiger partial charge >= 0.3 is 5.97 Å². The molecule has 0 saturated heterocycles. The third-order valence-electron chi connectivity index (χ3n) is 5.02. The number of carbonyl (C=O) groups is 1. The molecule has 7 nitrogen and oxygen atoms in total. The zero-order valence-electron chi connectivity index (χ0n) is 14.1. The van der Waals surface area contributed by atoms with E-state index in [1.165, 1.54) is 25.3 Å². The first-order valence-electron chi connectivity index (χ1n) is 8.54. The Morgan fingerprint density at radius 1 is 1.36 bits per heavy atom. The van der Waals surface area contributed by atoms with Crippen LogP contribution in [-0.4, -0.2) is 25.6 Å². The molecule has 132 valence electrons. The van der Waals surface area contributed by atoms with Gasteiger partial charge in [-0.2, -0.15) is 0 Å². The Hall–Kier alpha value is -2.70. The highest BCUT2D eigenvalue weighted by molar-refractivity contribution is 5.93. The summed E-state index contributed by atoms with van der Waals surface area (Å²) in [5.41, 5.74) is -0.237. The average Bonchev–Trinajstić information content (AvgIpc) is 3.10. The van der Waals surface area contributed by atoms with E-state index >= 15 is 0 Å². The fraction of sp³-hybridized carbons (Fsp3) is 0.444. The first-order chi connectivity index (χ1) is 12.0. The summed E-state index contributed by atoms with van der Waals surface area (Å²) < 4.78 is 1.95. The molecule has 0 bridgehead atoms. The standard InChI is InChI=1S/C18H21N3O4/c1-12(14-8-5-9-15(18(22)23)16(14)21(24)25)20-11-10-19-17(20)13-6-3-2-4-7-13/h5,8-13H,2-4,6-7H2,1H3,(H,22,23). The van der Waals surface area contributed by atoms with Crippen molar-refractivity contribution in [2.45, 2.75) is 51.0 Å². The van der Waals surface area contributed by atoms with Crippen LogP contribution in [-0.2, 0) is 0 Å². The maximum absolute atomic E-state index is 11.5. The summed E-state index contributed by atoms with van der Waals surface area (Å²) in [4.78, 5) is 26.8. The van der Waals surface area contributed by atoms with E-state index in [1.807, 2.05) is 17.7 Å². The van der Waals surface area contributed by atoms with Crippen LogP contribution >= 0.6 is 0 Å². The van der Waals surface area contributed by atoms with Crippen LogP contribution in [0.4, 0.5) is 5.69 Å². The van der Waals surface area contributed by atoms with Gasteiger partial charge in [-0.05, 0) is 25.8 Å². The molecule has 1 aliphatic carbocycles. The van der Waals surface area contributed by atoms with E-state index in [0.717, 1.165) is 18.7 Å². The van der Waals surface area contributed by atoms with E-state index in [1.54, 1.807) is 18.3 Å². The van der Waals surface area contributed by atoms with Gasteiger partial charge in [-0.3, -0.25) is 10.1 Å². The van der Waals surface area contributed by atoms with Crippen LogP contribution in [0.3, 0.4) is 0 Å². The summed E-state index contributed by atoms with van der Waals surface area (Å²) in [6.45, 7) is 1.85. The van der Waals surface area contributed by atoms with Crippen molar-refractivity contribution in [3.8, 4) is 0 Å². The summed E-state index contributed by atoms with van der Waals surface area (Å²) in [6.07, 6.45) is 9.25. The molecule has 0 spiro atoms. The first kappa shape index (κ1) is 17.1. The monoisotopic (exact) mass is 343 g/mol. The fourth-order valence-electron chi connectivity index (χ4n) is 3.75. The van der Waals surface area contributed by atoms with Gasteiger partial charge < -0.3 is 9.67 Å². The maximum atomic E-state index is 11.5. The second-order valence-corrected chi connectivity index (χ2v) is 6.51. The largest absolute Gasteiger partial charge is 0.477 e. The number of para-hydroxylation sites is 1. The van der Waals surface area contributed by atoms with Gasteiger partial charge in [-0.25, -0.2) is 9.78 Å². The minimum atomic E-state index is -1.29. The number of carboxylic acids is 1. The summed E-state index contributed by atoms with van der Waals surface area (Å²) in [5.74, 6) is -0.00553. The Morgan fingerprint density at radius 2 is 2.08 bits per heavy atom. The molecule has 1 fully saturated rings. The fourth-order valence-corrected chi connectivity index (χ4v) is 3.75. The number of imidazole rings is 1. The van der Waals surface area contributed by atoms with Gasteiger partial charge in [0.25, 0.3) is 5.69 Å². The van der Waals surface area contributed by atoms with Crippen molar-refractivity contribution in [2.75, 3.05) is 0 Å². The van der Waals surface area contributed by atoms with Crippen LogP contribution in [0.15, 0.2) is 30.6 Å². The number of nitro benzene ring substituents is 1. The topological polar surface area (TPSA) is 98.3 Å². The van der Waals surface area contributed by atoms with E-state index in [2.05, 4.69) is 4.98 Å². The van der Waals surface area contributed by atoms with E-state index in [9.17, 15) is 20.0 Å². The molecule has 0 aliphatic heterocycles. The maximum Gasteiger partial charge on any atom is 0.342 e. The quantitative estimate of drug-likeness (QED) is 0.649. The zero-order chi connectivity index (χ0) is 18.0. The van der Waals surface area contributed by atoms with Crippen molar-refractivity contribution in [1.29, 1.82) is 0 Å². The minimum absolute atomic E-state index is 0.284. The number of carboxylic acid groups (broad SMARTS) is 1. The molecular weight excluding hydrogens is 322 g/mol. The molecule has 1 N–H and O–H groups in total. The predicted octanol–water partition coefficient (Wildman–Crippen LogP) is 4.15. The second-order valence-electron chi connectivity index (χ2n) is 6.51. The van der Waals surface area contributed by atoms with Crippen LogP contribution in [0.2, 0.25) is 0 Å². The smallest absolute Gasteiger partial charge is 0.342 e. The second kappa shape index (κ2) is 7.04. The highest BCUT2D eigenvalue weighted by Gasteiger charge is 2.29. The molecule has 7 heteroatoms. The predicted molar refractivity (Wildman–Crippen MR) is 91.9 cm³/mol. The molecule has 2 aromatic rings. The Balaban J connectivity index is 2.04. The van der Waals surface area contributed by atoms with Crippen LogP contribution in [0.25, 0.3) is 0 Å². The Labute approximate surface area is 145 Å². The van der Waals surface area contributed by atoms with Gasteiger partial charge in [-0.15, -0.1) is 0 Å². The van der Waals surface area contributed by atoms with Gasteiger partial charge in [0, 0.05) is 18.3 Å². The van der Waals surface area contributed by atoms with Crippen molar-refractivity contribution in [1.82, 2.24) is 9.55 Å². The average molecular weight is 343 g/mol. The van der Waals surface area contributed by atoms with Crippen molar-refractivity contribution in [3.63, 3.8) is 0 Å². The number of aromatic carboxylic acids is 1. The molecule has 1 aromatic carbocycles. The van der Waals surface area contributed by atoms with Gasteiger partial charge in [0.05, 0.1) is 16.5 Å². The van der Waals surface area contributed by atoms with Crippen LogP contribution in [0.1, 0.15) is 72.7 Å². The summed E-state index contributed by atoms with van der Waals surface area (Å²) >= 11 is 0. The molecule has 1 aliphatic rings. The van der Waals surface area contributed by atoms with Crippen molar-refractivity contribution >= 4 is 11.7 Å². The Morgan fingerprint density at radius 3 is 2.72 bits per heavy atom. The minimum Gasteiger partial charge on any atom is -0.477 e. The number of nitro groups is 1. The summed E-state index contributed by atoms with van der Waals surface area (Å²) in [6, 6.07) is 4.09. The summed E-state index contributed by atoms with van der Waals surface area (Å²) in [7, 11) is 0. The molecular formula is C18H21N3O4. The van der Waals surface area contributed by atoms with Crippen LogP contribution in [0.5, 0.6) is 0 Å². The van der Waals surface area contributed by atoms with Crippen molar-refractivity contribution < 1.29 is 14.8 Å². The van der Waals surface area contributed by atoms with E-state index < -0.39 is 10.9 Å². The lowest BCUT2D eigenvalue weighted by Crippen LogP contribution is -2.17. The molecule has 0 amide bonds. The number of nitrogens with zero attached hydrogens (tertiary/aromatic N) is 3.